The maximum absolute atomic E-state index is 12.9. The molecule has 136 valence electrons. The van der Waals surface area contributed by atoms with Crippen LogP contribution in [0.25, 0.3) is 0 Å². The molecule has 1 aliphatic rings. The van der Waals surface area contributed by atoms with Crippen LogP contribution in [0.3, 0.4) is 0 Å². The lowest BCUT2D eigenvalue weighted by Gasteiger charge is -2.33. The number of carbonyl (C=O) groups excluding carboxylic acids is 1. The van der Waals surface area contributed by atoms with E-state index in [0.717, 1.165) is 24.5 Å². The van der Waals surface area contributed by atoms with Gasteiger partial charge in [0.25, 0.3) is 0 Å². The molecule has 0 N–H and O–H groups in total. The van der Waals surface area contributed by atoms with E-state index in [0.29, 0.717) is 4.31 Å². The molecule has 1 fully saturated rings. The van der Waals surface area contributed by atoms with Crippen LogP contribution in [0.2, 0.25) is 0 Å². The number of alkyl halides is 3. The number of halogens is 3. The van der Waals surface area contributed by atoms with Crippen LogP contribution < -0.4 is 0 Å². The van der Waals surface area contributed by atoms with Gasteiger partial charge in [0.1, 0.15) is 16.3 Å². The number of thiophene rings is 1. The Bertz CT molecular complexity index is 680. The molecule has 0 radical (unpaired) electrons. The summed E-state index contributed by atoms with van der Waals surface area (Å²) < 4.78 is 74.4. The number of hydrogen-bond acceptors (Lipinski definition) is 6. The van der Waals surface area contributed by atoms with Gasteiger partial charge in [0, 0.05) is 19.3 Å². The van der Waals surface area contributed by atoms with Crippen LogP contribution in [0.15, 0.2) is 16.3 Å². The molecule has 0 atom stereocenters. The zero-order valence-corrected chi connectivity index (χ0v) is 14.3. The van der Waals surface area contributed by atoms with Crippen molar-refractivity contribution >= 4 is 27.3 Å². The van der Waals surface area contributed by atoms with Crippen molar-refractivity contribution in [1.29, 1.82) is 0 Å². The molecule has 2 rings (SSSR count). The van der Waals surface area contributed by atoms with Gasteiger partial charge in [0.15, 0.2) is 0 Å². The van der Waals surface area contributed by atoms with Gasteiger partial charge >= 0.3 is 12.1 Å². The van der Waals surface area contributed by atoms with E-state index in [-0.39, 0.29) is 30.9 Å². The summed E-state index contributed by atoms with van der Waals surface area (Å²) in [6.45, 7) is -1.25. The minimum absolute atomic E-state index is 0.160. The summed E-state index contributed by atoms with van der Waals surface area (Å²) in [5.74, 6) is -0.900. The highest BCUT2D eigenvalue weighted by Gasteiger charge is 2.42. The first-order chi connectivity index (χ1) is 11.2. The summed E-state index contributed by atoms with van der Waals surface area (Å²) in [5, 5.41) is 1.33. The van der Waals surface area contributed by atoms with Crippen LogP contribution in [0.1, 0.15) is 22.5 Å². The highest BCUT2D eigenvalue weighted by Crippen LogP contribution is 2.32. The Morgan fingerprint density at radius 3 is 2.58 bits per heavy atom. The first-order valence-corrected chi connectivity index (χ1v) is 9.31. The molecular formula is C13H16F3NO5S2. The van der Waals surface area contributed by atoms with Gasteiger partial charge in [0.05, 0.1) is 7.11 Å². The fraction of sp³-hybridized carbons (Fsp3) is 0.615. The number of hydrogen-bond donors (Lipinski definition) is 0. The largest absolute Gasteiger partial charge is 0.465 e. The molecule has 1 aliphatic heterocycles. The van der Waals surface area contributed by atoms with Crippen molar-refractivity contribution in [2.75, 3.05) is 26.9 Å². The van der Waals surface area contributed by atoms with Crippen molar-refractivity contribution in [2.24, 2.45) is 0 Å². The number of nitrogens with zero attached hydrogens (tertiary/aromatic N) is 1. The van der Waals surface area contributed by atoms with Gasteiger partial charge in [-0.1, -0.05) is 0 Å². The first kappa shape index (κ1) is 19.2. The predicted molar refractivity (Wildman–Crippen MR) is 79.4 cm³/mol. The smallest absolute Gasteiger partial charge is 0.402 e. The zero-order chi connectivity index (χ0) is 18.0. The lowest BCUT2D eigenvalue weighted by atomic mass is 10.1. The highest BCUT2D eigenvalue weighted by molar-refractivity contribution is 7.89. The van der Waals surface area contributed by atoms with E-state index in [1.165, 1.54) is 5.38 Å². The summed E-state index contributed by atoms with van der Waals surface area (Å²) in [6, 6.07) is 0.283. The summed E-state index contributed by atoms with van der Waals surface area (Å²) >= 11 is 0.805. The van der Waals surface area contributed by atoms with E-state index in [9.17, 15) is 26.4 Å². The molecule has 6 nitrogen and oxygen atoms in total. The number of esters is 1. The average Bonchev–Trinajstić information content (AvgIpc) is 3.02. The molecule has 0 saturated carbocycles. The molecule has 0 aliphatic carbocycles. The summed E-state index contributed by atoms with van der Waals surface area (Å²) in [5.41, 5.74) is 0. The Hall–Kier alpha value is -1.17. The van der Waals surface area contributed by atoms with E-state index >= 15 is 0 Å². The van der Waals surface area contributed by atoms with Crippen LogP contribution >= 0.6 is 11.3 Å². The molecule has 0 amide bonds. The number of sulfonamides is 1. The van der Waals surface area contributed by atoms with Crippen molar-refractivity contribution in [3.05, 3.63) is 16.3 Å². The van der Waals surface area contributed by atoms with Crippen molar-refractivity contribution < 1.29 is 35.9 Å². The number of rotatable bonds is 5. The van der Waals surface area contributed by atoms with Crippen molar-refractivity contribution in [1.82, 2.24) is 4.31 Å². The fourth-order valence-corrected chi connectivity index (χ4v) is 5.41. The number of ether oxygens (including phenoxy) is 2. The maximum atomic E-state index is 12.9. The molecule has 1 aromatic heterocycles. The lowest BCUT2D eigenvalue weighted by Crippen LogP contribution is -2.47. The maximum Gasteiger partial charge on any atom is 0.402 e. The first-order valence-electron chi connectivity index (χ1n) is 6.99. The Morgan fingerprint density at radius 1 is 1.42 bits per heavy atom. The molecular weight excluding hydrogens is 371 g/mol. The van der Waals surface area contributed by atoms with Crippen LogP contribution in [0.5, 0.6) is 0 Å². The molecule has 0 aromatic carbocycles. The topological polar surface area (TPSA) is 72.9 Å². The van der Waals surface area contributed by atoms with Crippen LogP contribution in [0.4, 0.5) is 13.2 Å². The molecule has 2 heterocycles. The van der Waals surface area contributed by atoms with E-state index in [4.69, 9.17) is 4.74 Å². The van der Waals surface area contributed by atoms with E-state index in [2.05, 4.69) is 4.74 Å². The van der Waals surface area contributed by atoms with Crippen molar-refractivity contribution in [3.63, 3.8) is 0 Å². The molecule has 1 saturated heterocycles. The summed E-state index contributed by atoms with van der Waals surface area (Å²) in [4.78, 5) is 11.0. The van der Waals surface area contributed by atoms with E-state index < -0.39 is 39.7 Å². The number of carbonyl (C=O) groups is 1. The zero-order valence-electron chi connectivity index (χ0n) is 12.7. The Balaban J connectivity index is 2.43. The SMILES string of the molecule is COC(=O)c1sccc1S(=O)(=O)N(CC(F)(F)F)C1CCOCC1. The second kappa shape index (κ2) is 7.38. The molecule has 24 heavy (non-hydrogen) atoms. The van der Waals surface area contributed by atoms with Crippen LogP contribution in [-0.4, -0.2) is 57.8 Å². The molecule has 0 bridgehead atoms. The van der Waals surface area contributed by atoms with Gasteiger partial charge in [0.2, 0.25) is 10.0 Å². The second-order valence-corrected chi connectivity index (χ2v) is 7.89. The van der Waals surface area contributed by atoms with E-state index in [1.807, 2.05) is 0 Å². The number of methoxy groups -OCH3 is 1. The Kier molecular flexibility index (Phi) is 5.89. The minimum atomic E-state index is -4.70. The van der Waals surface area contributed by atoms with Gasteiger partial charge in [-0.3, -0.25) is 0 Å². The third-order valence-electron chi connectivity index (χ3n) is 3.52. The van der Waals surface area contributed by atoms with Gasteiger partial charge in [-0.25, -0.2) is 13.2 Å². The highest BCUT2D eigenvalue weighted by atomic mass is 32.2. The third kappa shape index (κ3) is 4.26. The molecule has 0 spiro atoms. The van der Waals surface area contributed by atoms with Gasteiger partial charge in [-0.2, -0.15) is 17.5 Å². The lowest BCUT2D eigenvalue weighted by molar-refractivity contribution is -0.141. The van der Waals surface area contributed by atoms with Crippen LogP contribution in [-0.2, 0) is 19.5 Å². The van der Waals surface area contributed by atoms with Crippen molar-refractivity contribution in [3.8, 4) is 0 Å². The van der Waals surface area contributed by atoms with Gasteiger partial charge in [-0.05, 0) is 24.3 Å². The normalized spacial score (nSPS) is 17.2. The monoisotopic (exact) mass is 387 g/mol. The molecule has 11 heteroatoms. The van der Waals surface area contributed by atoms with Gasteiger partial charge < -0.3 is 9.47 Å². The average molecular weight is 387 g/mol. The van der Waals surface area contributed by atoms with E-state index in [1.54, 1.807) is 0 Å². The molecule has 1 aromatic rings. The quantitative estimate of drug-likeness (QED) is 0.725. The standard InChI is InChI=1S/C13H16F3NO5S2/c1-21-12(18)11-10(4-7-23-11)24(19,20)17(8-13(14,15)16)9-2-5-22-6-3-9/h4,7,9H,2-3,5-6,8H2,1H3. The fourth-order valence-electron chi connectivity index (χ4n) is 2.43. The van der Waals surface area contributed by atoms with Crippen molar-refractivity contribution in [2.45, 2.75) is 30.0 Å². The summed E-state index contributed by atoms with van der Waals surface area (Å²) in [7, 11) is -3.44. The third-order valence-corrected chi connectivity index (χ3v) is 6.48. The molecule has 0 unspecified atom stereocenters. The van der Waals surface area contributed by atoms with Gasteiger partial charge in [-0.15, -0.1) is 11.3 Å². The Labute approximate surface area is 141 Å². The van der Waals surface area contributed by atoms with Crippen LogP contribution in [0, 0.1) is 0 Å². The second-order valence-electron chi connectivity index (χ2n) is 5.11. The Morgan fingerprint density at radius 2 is 2.04 bits per heavy atom. The predicted octanol–water partition coefficient (Wildman–Crippen LogP) is 2.27. The summed E-state index contributed by atoms with van der Waals surface area (Å²) in [6.07, 6.45) is -4.38. The minimum Gasteiger partial charge on any atom is -0.465 e.